The summed E-state index contributed by atoms with van der Waals surface area (Å²) in [4.78, 5) is 10.7. The zero-order chi connectivity index (χ0) is 16.8. The second-order valence-electron chi connectivity index (χ2n) is 5.12. The number of rotatable bonds is 5. The largest absolute Gasteiger partial charge is 0.357 e. The average Bonchev–Trinajstić information content (AvgIpc) is 2.91. The van der Waals surface area contributed by atoms with Gasteiger partial charge < -0.3 is 10.2 Å². The number of aromatic nitrogens is 1. The highest BCUT2D eigenvalue weighted by atomic mass is 127. The lowest BCUT2D eigenvalue weighted by molar-refractivity contribution is 0.470. The van der Waals surface area contributed by atoms with Crippen molar-refractivity contribution in [3.63, 3.8) is 0 Å². The fourth-order valence-electron chi connectivity index (χ4n) is 2.09. The molecule has 0 fully saturated rings. The second-order valence-corrected chi connectivity index (χ2v) is 6.18. The van der Waals surface area contributed by atoms with Crippen molar-refractivity contribution < 1.29 is 8.78 Å². The molecule has 0 atom stereocenters. The number of aryl methyl sites for hydroxylation is 1. The van der Waals surface area contributed by atoms with Crippen LogP contribution >= 0.6 is 35.3 Å². The van der Waals surface area contributed by atoms with Crippen LogP contribution in [0, 0.1) is 18.6 Å². The number of guanidine groups is 1. The van der Waals surface area contributed by atoms with Crippen molar-refractivity contribution in [3.05, 3.63) is 51.5 Å². The Balaban J connectivity index is 0.00000288. The minimum absolute atomic E-state index is 0. The highest BCUT2D eigenvalue weighted by Gasteiger charge is 2.10. The number of hydrogen-bond acceptors (Lipinski definition) is 3. The van der Waals surface area contributed by atoms with Crippen LogP contribution in [0.2, 0.25) is 0 Å². The van der Waals surface area contributed by atoms with Gasteiger partial charge in [-0.1, -0.05) is 0 Å². The number of hydrogen-bond donors (Lipinski definition) is 1. The fraction of sp³-hybridized carbons (Fsp3) is 0.375. The summed E-state index contributed by atoms with van der Waals surface area (Å²) in [6.07, 6.45) is 0. The number of nitrogens with one attached hydrogen (secondary N) is 1. The second kappa shape index (κ2) is 9.87. The van der Waals surface area contributed by atoms with Crippen LogP contribution in [0.5, 0.6) is 0 Å². The van der Waals surface area contributed by atoms with E-state index in [2.05, 4.69) is 15.3 Å². The van der Waals surface area contributed by atoms with Crippen molar-refractivity contribution in [2.45, 2.75) is 26.9 Å². The Kier molecular flexibility index (Phi) is 8.54. The van der Waals surface area contributed by atoms with Crippen molar-refractivity contribution in [2.24, 2.45) is 4.99 Å². The van der Waals surface area contributed by atoms with Gasteiger partial charge in [0.1, 0.15) is 11.6 Å². The van der Waals surface area contributed by atoms with Crippen LogP contribution in [0.3, 0.4) is 0 Å². The van der Waals surface area contributed by atoms with Crippen molar-refractivity contribution in [1.29, 1.82) is 0 Å². The Bertz CT molecular complexity index is 690. The number of aliphatic imine (C=N–C) groups is 1. The molecule has 0 bridgehead atoms. The molecule has 1 aromatic carbocycles. The van der Waals surface area contributed by atoms with Gasteiger partial charge in [0.15, 0.2) is 5.96 Å². The van der Waals surface area contributed by atoms with Gasteiger partial charge >= 0.3 is 0 Å². The monoisotopic (exact) mass is 466 g/mol. The molecule has 1 N–H and O–H groups in total. The van der Waals surface area contributed by atoms with E-state index in [0.29, 0.717) is 19.0 Å². The third-order valence-corrected chi connectivity index (χ3v) is 3.99. The molecule has 0 aliphatic heterocycles. The Morgan fingerprint density at radius 1 is 1.38 bits per heavy atom. The third-order valence-electron chi connectivity index (χ3n) is 3.17. The Labute approximate surface area is 162 Å². The lowest BCUT2D eigenvalue weighted by Gasteiger charge is -2.21. The molecule has 0 aliphatic rings. The third kappa shape index (κ3) is 5.97. The Hall–Kier alpha value is -1.29. The summed E-state index contributed by atoms with van der Waals surface area (Å²) in [6.45, 7) is 5.28. The lowest BCUT2D eigenvalue weighted by Crippen LogP contribution is -2.38. The number of benzene rings is 1. The summed E-state index contributed by atoms with van der Waals surface area (Å²) >= 11 is 1.60. The van der Waals surface area contributed by atoms with Gasteiger partial charge in [-0.05, 0) is 32.0 Å². The maximum absolute atomic E-state index is 13.7. The van der Waals surface area contributed by atoms with E-state index in [0.717, 1.165) is 22.8 Å². The standard InChI is InChI=1S/C16H20F2N4S.HI/c1-4-19-16(22(3)9-14-10-23-11(2)21-14)20-8-12-7-13(17)5-6-15(12)18;/h5-7,10H,4,8-9H2,1-3H3,(H,19,20);1H. The molecule has 1 heterocycles. The summed E-state index contributed by atoms with van der Waals surface area (Å²) in [5.41, 5.74) is 1.19. The van der Waals surface area contributed by atoms with Crippen LogP contribution in [0.1, 0.15) is 23.2 Å². The summed E-state index contributed by atoms with van der Waals surface area (Å²) in [5, 5.41) is 6.16. The molecule has 0 unspecified atom stereocenters. The first-order valence-electron chi connectivity index (χ1n) is 7.34. The quantitative estimate of drug-likeness (QED) is 0.412. The molecule has 4 nitrogen and oxygen atoms in total. The van der Waals surface area contributed by atoms with E-state index in [-0.39, 0.29) is 36.1 Å². The Morgan fingerprint density at radius 2 is 2.12 bits per heavy atom. The van der Waals surface area contributed by atoms with Crippen molar-refractivity contribution in [2.75, 3.05) is 13.6 Å². The molecule has 0 amide bonds. The van der Waals surface area contributed by atoms with Crippen LogP contribution in [0.4, 0.5) is 8.78 Å². The van der Waals surface area contributed by atoms with Crippen molar-refractivity contribution in [1.82, 2.24) is 15.2 Å². The highest BCUT2D eigenvalue weighted by molar-refractivity contribution is 14.0. The van der Waals surface area contributed by atoms with Crippen LogP contribution in [-0.2, 0) is 13.1 Å². The first-order chi connectivity index (χ1) is 11.0. The van der Waals surface area contributed by atoms with E-state index in [1.54, 1.807) is 11.3 Å². The van der Waals surface area contributed by atoms with Crippen molar-refractivity contribution in [3.8, 4) is 0 Å². The van der Waals surface area contributed by atoms with Gasteiger partial charge in [-0.15, -0.1) is 35.3 Å². The van der Waals surface area contributed by atoms with E-state index < -0.39 is 11.6 Å². The van der Waals surface area contributed by atoms with Gasteiger partial charge in [-0.2, -0.15) is 0 Å². The lowest BCUT2D eigenvalue weighted by atomic mass is 10.2. The molecule has 24 heavy (non-hydrogen) atoms. The zero-order valence-corrected chi connectivity index (χ0v) is 17.0. The molecule has 8 heteroatoms. The molecule has 1 aromatic heterocycles. The average molecular weight is 466 g/mol. The van der Waals surface area contributed by atoms with Crippen LogP contribution in [0.15, 0.2) is 28.6 Å². The predicted molar refractivity (Wildman–Crippen MR) is 105 cm³/mol. The fourth-order valence-corrected chi connectivity index (χ4v) is 2.70. The van der Waals surface area contributed by atoms with Gasteiger partial charge in [0, 0.05) is 24.5 Å². The number of nitrogens with zero attached hydrogens (tertiary/aromatic N) is 3. The zero-order valence-electron chi connectivity index (χ0n) is 13.8. The molecule has 2 rings (SSSR count). The molecule has 0 spiro atoms. The maximum Gasteiger partial charge on any atom is 0.194 e. The highest BCUT2D eigenvalue weighted by Crippen LogP contribution is 2.12. The van der Waals surface area contributed by atoms with Gasteiger partial charge in [0.25, 0.3) is 0 Å². The first kappa shape index (κ1) is 20.8. The van der Waals surface area contributed by atoms with Gasteiger partial charge in [0.2, 0.25) is 0 Å². The predicted octanol–water partition coefficient (Wildman–Crippen LogP) is 3.95. The minimum Gasteiger partial charge on any atom is -0.357 e. The molecule has 132 valence electrons. The smallest absolute Gasteiger partial charge is 0.194 e. The minimum atomic E-state index is -0.465. The van der Waals surface area contributed by atoms with E-state index in [4.69, 9.17) is 0 Å². The van der Waals surface area contributed by atoms with Crippen molar-refractivity contribution >= 4 is 41.3 Å². The maximum atomic E-state index is 13.7. The topological polar surface area (TPSA) is 40.5 Å². The van der Waals surface area contributed by atoms with Gasteiger partial charge in [-0.3, -0.25) is 0 Å². The molecule has 0 radical (unpaired) electrons. The SMILES string of the molecule is CCNC(=NCc1cc(F)ccc1F)N(C)Cc1csc(C)n1.I. The first-order valence-corrected chi connectivity index (χ1v) is 8.22. The summed E-state index contributed by atoms with van der Waals surface area (Å²) < 4.78 is 26.9. The van der Waals surface area contributed by atoms with Crippen LogP contribution in [-0.4, -0.2) is 29.4 Å². The molecule has 0 saturated carbocycles. The molecular weight excluding hydrogens is 445 g/mol. The van der Waals surface area contributed by atoms with Gasteiger partial charge in [-0.25, -0.2) is 18.8 Å². The van der Waals surface area contributed by atoms with E-state index in [9.17, 15) is 8.78 Å². The molecular formula is C16H21F2IN4S. The number of halogens is 3. The van der Waals surface area contributed by atoms with E-state index >= 15 is 0 Å². The van der Waals surface area contributed by atoms with Crippen LogP contribution in [0.25, 0.3) is 0 Å². The van der Waals surface area contributed by atoms with Crippen LogP contribution < -0.4 is 5.32 Å². The summed E-state index contributed by atoms with van der Waals surface area (Å²) in [5.74, 6) is -0.293. The molecule has 2 aromatic rings. The molecule has 0 aliphatic carbocycles. The van der Waals surface area contributed by atoms with E-state index in [1.165, 1.54) is 6.07 Å². The number of thiazole rings is 1. The molecule has 0 saturated heterocycles. The summed E-state index contributed by atoms with van der Waals surface area (Å²) in [7, 11) is 1.89. The van der Waals surface area contributed by atoms with Gasteiger partial charge in [0.05, 0.1) is 23.8 Å². The van der Waals surface area contributed by atoms with E-state index in [1.807, 2.05) is 31.2 Å². The normalized spacial score (nSPS) is 11.1. The summed E-state index contributed by atoms with van der Waals surface area (Å²) in [6, 6.07) is 3.39. The Morgan fingerprint density at radius 3 is 2.75 bits per heavy atom.